The molecule has 0 radical (unpaired) electrons. The summed E-state index contributed by atoms with van der Waals surface area (Å²) >= 11 is 0. The molecule has 0 spiro atoms. The first-order chi connectivity index (χ1) is 16.1. The molecular formula is C25H25N5O3. The smallest absolute Gasteiger partial charge is 0.278 e. The normalized spacial score (nSPS) is 14.4. The lowest BCUT2D eigenvalue weighted by molar-refractivity contribution is -0.385. The number of piperazine rings is 1. The van der Waals surface area contributed by atoms with Gasteiger partial charge < -0.3 is 4.90 Å². The van der Waals surface area contributed by atoms with Crippen LogP contribution in [-0.4, -0.2) is 48.1 Å². The molecule has 8 heteroatoms. The zero-order valence-electron chi connectivity index (χ0n) is 18.1. The number of hydrogen-bond acceptors (Lipinski definition) is 6. The number of carbonyl (C=O) groups excluding carboxylic acids is 1. The molecule has 0 saturated carbocycles. The molecule has 1 N–H and O–H groups in total. The van der Waals surface area contributed by atoms with Gasteiger partial charge in [-0.05, 0) is 35.9 Å². The fourth-order valence-corrected chi connectivity index (χ4v) is 3.81. The molecule has 3 aromatic rings. The molecule has 1 fully saturated rings. The van der Waals surface area contributed by atoms with Crippen LogP contribution in [0.3, 0.4) is 0 Å². The average Bonchev–Trinajstić information content (AvgIpc) is 2.85. The van der Waals surface area contributed by atoms with E-state index in [2.05, 4.69) is 44.6 Å². The summed E-state index contributed by atoms with van der Waals surface area (Å²) in [6.45, 7) is 4.78. The Morgan fingerprint density at radius 2 is 1.61 bits per heavy atom. The Kier molecular flexibility index (Phi) is 7.06. The average molecular weight is 444 g/mol. The van der Waals surface area contributed by atoms with Crippen molar-refractivity contribution in [3.63, 3.8) is 0 Å². The van der Waals surface area contributed by atoms with Crippen LogP contribution in [0.15, 0.2) is 84.0 Å². The summed E-state index contributed by atoms with van der Waals surface area (Å²) in [6.07, 6.45) is 1.28. The van der Waals surface area contributed by atoms with E-state index in [1.807, 2.05) is 18.2 Å². The van der Waals surface area contributed by atoms with Gasteiger partial charge in [-0.1, -0.05) is 42.5 Å². The van der Waals surface area contributed by atoms with Gasteiger partial charge in [0, 0.05) is 50.0 Å². The largest absolute Gasteiger partial charge is 0.369 e. The van der Waals surface area contributed by atoms with Crippen molar-refractivity contribution < 1.29 is 9.72 Å². The molecule has 0 aromatic heterocycles. The van der Waals surface area contributed by atoms with Crippen molar-refractivity contribution in [2.24, 2.45) is 5.10 Å². The van der Waals surface area contributed by atoms with E-state index in [0.29, 0.717) is 11.1 Å². The molecule has 0 atom stereocenters. The van der Waals surface area contributed by atoms with Crippen molar-refractivity contribution in [2.75, 3.05) is 31.1 Å². The number of nitro benzene ring substituents is 1. The van der Waals surface area contributed by atoms with Crippen LogP contribution in [0.5, 0.6) is 0 Å². The summed E-state index contributed by atoms with van der Waals surface area (Å²) in [5.41, 5.74) is 5.57. The number of nitrogens with one attached hydrogen (secondary N) is 1. The Morgan fingerprint density at radius 3 is 2.30 bits per heavy atom. The third kappa shape index (κ3) is 5.81. The molecule has 8 nitrogen and oxygen atoms in total. The summed E-state index contributed by atoms with van der Waals surface area (Å²) in [4.78, 5) is 27.7. The minimum Gasteiger partial charge on any atom is -0.369 e. The second kappa shape index (κ2) is 10.5. The van der Waals surface area contributed by atoms with Crippen LogP contribution in [0.4, 0.5) is 11.4 Å². The molecule has 3 aromatic carbocycles. The molecule has 33 heavy (non-hydrogen) atoms. The fourth-order valence-electron chi connectivity index (χ4n) is 3.81. The second-order valence-corrected chi connectivity index (χ2v) is 7.81. The van der Waals surface area contributed by atoms with E-state index in [9.17, 15) is 14.9 Å². The highest BCUT2D eigenvalue weighted by molar-refractivity contribution is 5.95. The number of nitro groups is 1. The van der Waals surface area contributed by atoms with Gasteiger partial charge in [-0.3, -0.25) is 19.8 Å². The first kappa shape index (κ1) is 22.2. The highest BCUT2D eigenvalue weighted by Gasteiger charge is 2.17. The van der Waals surface area contributed by atoms with Gasteiger partial charge >= 0.3 is 0 Å². The van der Waals surface area contributed by atoms with Crippen molar-refractivity contribution in [3.05, 3.63) is 106 Å². The summed E-state index contributed by atoms with van der Waals surface area (Å²) in [7, 11) is 0. The van der Waals surface area contributed by atoms with Crippen molar-refractivity contribution >= 4 is 23.5 Å². The van der Waals surface area contributed by atoms with E-state index in [-0.39, 0.29) is 11.6 Å². The number of carbonyl (C=O) groups is 1. The molecule has 168 valence electrons. The lowest BCUT2D eigenvalue weighted by atomic mass is 10.1. The maximum absolute atomic E-state index is 12.4. The third-order valence-corrected chi connectivity index (χ3v) is 5.62. The summed E-state index contributed by atoms with van der Waals surface area (Å²) in [5, 5.41) is 14.9. The molecule has 4 rings (SSSR count). The van der Waals surface area contributed by atoms with Gasteiger partial charge in [-0.15, -0.1) is 0 Å². The van der Waals surface area contributed by atoms with Crippen LogP contribution in [0.2, 0.25) is 0 Å². The molecule has 1 aliphatic heterocycles. The summed E-state index contributed by atoms with van der Waals surface area (Å²) in [5.74, 6) is -0.368. The number of rotatable bonds is 7. The first-order valence-corrected chi connectivity index (χ1v) is 10.8. The van der Waals surface area contributed by atoms with E-state index in [1.165, 1.54) is 18.0 Å². The maximum Gasteiger partial charge on any atom is 0.278 e. The first-order valence-electron chi connectivity index (χ1n) is 10.8. The second-order valence-electron chi connectivity index (χ2n) is 7.81. The van der Waals surface area contributed by atoms with E-state index in [4.69, 9.17) is 0 Å². The van der Waals surface area contributed by atoms with Crippen LogP contribution in [0.1, 0.15) is 21.5 Å². The van der Waals surface area contributed by atoms with Crippen molar-refractivity contribution in [2.45, 2.75) is 6.54 Å². The molecule has 0 unspecified atom stereocenters. The lowest BCUT2D eigenvalue weighted by Crippen LogP contribution is -2.45. The van der Waals surface area contributed by atoms with E-state index in [0.717, 1.165) is 38.3 Å². The van der Waals surface area contributed by atoms with Gasteiger partial charge in [0.1, 0.15) is 0 Å². The quantitative estimate of drug-likeness (QED) is 0.342. The van der Waals surface area contributed by atoms with Crippen LogP contribution in [-0.2, 0) is 6.54 Å². The number of hydrazone groups is 1. The Bertz CT molecular complexity index is 1120. The molecule has 1 heterocycles. The monoisotopic (exact) mass is 443 g/mol. The lowest BCUT2D eigenvalue weighted by Gasteiger charge is -2.36. The summed E-state index contributed by atoms with van der Waals surface area (Å²) in [6, 6.07) is 24.1. The van der Waals surface area contributed by atoms with Crippen LogP contribution in [0.25, 0.3) is 0 Å². The molecule has 1 amide bonds. The standard InChI is InChI=1S/C25H25N5O3/c31-25(27-26-18-22-6-4-5-9-24(22)30(32)33)21-12-10-20(11-13-21)19-28-14-16-29(17-15-28)23-7-2-1-3-8-23/h1-13,18H,14-17,19H2,(H,27,31)/b26-18+. The van der Waals surface area contributed by atoms with Crippen molar-refractivity contribution in [3.8, 4) is 0 Å². The number of nitrogens with zero attached hydrogens (tertiary/aromatic N) is 4. The van der Waals surface area contributed by atoms with Crippen LogP contribution < -0.4 is 10.3 Å². The van der Waals surface area contributed by atoms with Crippen molar-refractivity contribution in [1.82, 2.24) is 10.3 Å². The number of hydrogen-bond donors (Lipinski definition) is 1. The SMILES string of the molecule is O=C(N/N=C/c1ccccc1[N+](=O)[O-])c1ccc(CN2CCN(c3ccccc3)CC2)cc1. The third-order valence-electron chi connectivity index (χ3n) is 5.62. The predicted octanol–water partition coefficient (Wildman–Crippen LogP) is 3.68. The molecule has 1 saturated heterocycles. The van der Waals surface area contributed by atoms with Gasteiger partial charge in [0.15, 0.2) is 0 Å². The van der Waals surface area contributed by atoms with Gasteiger partial charge in [0.25, 0.3) is 11.6 Å². The zero-order chi connectivity index (χ0) is 23.0. The van der Waals surface area contributed by atoms with Crippen LogP contribution in [0, 0.1) is 10.1 Å². The zero-order valence-corrected chi connectivity index (χ0v) is 18.1. The van der Waals surface area contributed by atoms with Gasteiger partial charge in [-0.25, -0.2) is 5.43 Å². The van der Waals surface area contributed by atoms with Crippen molar-refractivity contribution in [1.29, 1.82) is 0 Å². The topological polar surface area (TPSA) is 91.1 Å². The van der Waals surface area contributed by atoms with Gasteiger partial charge in [-0.2, -0.15) is 5.10 Å². The van der Waals surface area contributed by atoms with Gasteiger partial charge in [0.2, 0.25) is 0 Å². The number of amides is 1. The fraction of sp³-hybridized carbons (Fsp3) is 0.200. The number of benzene rings is 3. The van der Waals surface area contributed by atoms with E-state index >= 15 is 0 Å². The van der Waals surface area contributed by atoms with Crippen LogP contribution >= 0.6 is 0 Å². The highest BCUT2D eigenvalue weighted by atomic mass is 16.6. The summed E-state index contributed by atoms with van der Waals surface area (Å²) < 4.78 is 0. The number of para-hydroxylation sites is 2. The Labute approximate surface area is 192 Å². The van der Waals surface area contributed by atoms with Gasteiger partial charge in [0.05, 0.1) is 16.7 Å². The Balaban J connectivity index is 1.28. The minimum absolute atomic E-state index is 0.0653. The predicted molar refractivity (Wildman–Crippen MR) is 129 cm³/mol. The Hall–Kier alpha value is -4.04. The number of anilines is 1. The molecular weight excluding hydrogens is 418 g/mol. The Morgan fingerprint density at radius 1 is 0.939 bits per heavy atom. The maximum atomic E-state index is 12.4. The molecule has 1 aliphatic rings. The highest BCUT2D eigenvalue weighted by Crippen LogP contribution is 2.17. The minimum atomic E-state index is -0.483. The van der Waals surface area contributed by atoms with E-state index < -0.39 is 4.92 Å². The van der Waals surface area contributed by atoms with E-state index in [1.54, 1.807) is 30.3 Å². The molecule has 0 bridgehead atoms. The molecule has 0 aliphatic carbocycles.